The summed E-state index contributed by atoms with van der Waals surface area (Å²) < 4.78 is 5.76. The monoisotopic (exact) mass is 425 g/mol. The van der Waals surface area contributed by atoms with Gasteiger partial charge in [0.05, 0.1) is 11.1 Å². The number of nitro groups is 1. The predicted octanol–water partition coefficient (Wildman–Crippen LogP) is 5.09. The Kier molecular flexibility index (Phi) is 6.17. The van der Waals surface area contributed by atoms with Crippen molar-refractivity contribution in [1.29, 1.82) is 0 Å². The lowest BCUT2D eigenvalue weighted by Gasteiger charge is -2.07. The van der Waals surface area contributed by atoms with E-state index in [0.29, 0.717) is 11.3 Å². The highest BCUT2D eigenvalue weighted by atomic mass is 16.6. The van der Waals surface area contributed by atoms with Gasteiger partial charge in [0, 0.05) is 17.7 Å². The summed E-state index contributed by atoms with van der Waals surface area (Å²) in [4.78, 5) is 22.8. The van der Waals surface area contributed by atoms with E-state index in [2.05, 4.69) is 10.5 Å². The Morgan fingerprint density at radius 2 is 1.72 bits per heavy atom. The highest BCUT2D eigenvalue weighted by Gasteiger charge is 2.08. The average Bonchev–Trinajstić information content (AvgIpc) is 2.83. The van der Waals surface area contributed by atoms with Crippen molar-refractivity contribution >= 4 is 28.6 Å². The van der Waals surface area contributed by atoms with E-state index in [1.807, 2.05) is 48.5 Å². The number of amides is 1. The number of hydrogen-bond donors (Lipinski definition) is 1. The van der Waals surface area contributed by atoms with Crippen LogP contribution in [0.1, 0.15) is 21.5 Å². The maximum absolute atomic E-state index is 12.5. The van der Waals surface area contributed by atoms with Gasteiger partial charge in [0.25, 0.3) is 11.6 Å². The average molecular weight is 425 g/mol. The van der Waals surface area contributed by atoms with Gasteiger partial charge < -0.3 is 4.74 Å². The van der Waals surface area contributed by atoms with Gasteiger partial charge in [-0.1, -0.05) is 48.5 Å². The third-order valence-corrected chi connectivity index (χ3v) is 4.82. The number of rotatable bonds is 7. The van der Waals surface area contributed by atoms with Gasteiger partial charge in [-0.05, 0) is 52.2 Å². The van der Waals surface area contributed by atoms with Gasteiger partial charge in [-0.3, -0.25) is 14.9 Å². The molecule has 158 valence electrons. The number of nitrogens with one attached hydrogen (secondary N) is 1. The van der Waals surface area contributed by atoms with Crippen LogP contribution in [0.15, 0.2) is 96.1 Å². The molecule has 32 heavy (non-hydrogen) atoms. The first-order valence-corrected chi connectivity index (χ1v) is 9.87. The molecule has 0 saturated carbocycles. The summed E-state index contributed by atoms with van der Waals surface area (Å²) in [6.45, 7) is 0.274. The van der Waals surface area contributed by atoms with E-state index in [9.17, 15) is 14.9 Å². The Bertz CT molecular complexity index is 1290. The summed E-state index contributed by atoms with van der Waals surface area (Å²) in [7, 11) is 0. The van der Waals surface area contributed by atoms with E-state index < -0.39 is 4.92 Å². The normalized spacial score (nSPS) is 10.9. The molecule has 0 heterocycles. The Labute approximate surface area is 184 Å². The molecule has 0 radical (unpaired) electrons. The van der Waals surface area contributed by atoms with Crippen LogP contribution in [-0.2, 0) is 6.61 Å². The SMILES string of the molecule is O=C(N/N=C/c1cccc(OCc2ccc([N+](=O)[O-])cc2)c1)c1cccc2ccccc12. The van der Waals surface area contributed by atoms with Crippen molar-refractivity contribution in [2.45, 2.75) is 6.61 Å². The number of nitro benzene ring substituents is 1. The van der Waals surface area contributed by atoms with Crippen LogP contribution in [0.5, 0.6) is 5.75 Å². The van der Waals surface area contributed by atoms with Gasteiger partial charge in [-0.2, -0.15) is 5.10 Å². The summed E-state index contributed by atoms with van der Waals surface area (Å²) in [5, 5.41) is 16.7. The maximum atomic E-state index is 12.5. The van der Waals surface area contributed by atoms with Crippen LogP contribution in [-0.4, -0.2) is 17.0 Å². The Morgan fingerprint density at radius 3 is 2.53 bits per heavy atom. The van der Waals surface area contributed by atoms with Crippen molar-refractivity contribution in [2.24, 2.45) is 5.10 Å². The lowest BCUT2D eigenvalue weighted by Crippen LogP contribution is -2.17. The molecule has 0 unspecified atom stereocenters. The van der Waals surface area contributed by atoms with Gasteiger partial charge in [0.1, 0.15) is 12.4 Å². The summed E-state index contributed by atoms with van der Waals surface area (Å²) in [5.41, 5.74) is 4.73. The van der Waals surface area contributed by atoms with Gasteiger partial charge in [-0.15, -0.1) is 0 Å². The van der Waals surface area contributed by atoms with Crippen molar-refractivity contribution in [2.75, 3.05) is 0 Å². The standard InChI is InChI=1S/C25H19N3O4/c29-25(24-10-4-7-20-6-1-2-9-23(20)24)27-26-16-19-5-3-8-22(15-19)32-17-18-11-13-21(14-12-18)28(30)31/h1-16H,17H2,(H,27,29)/b26-16+. The maximum Gasteiger partial charge on any atom is 0.271 e. The number of fused-ring (bicyclic) bond motifs is 1. The van der Waals surface area contributed by atoms with Crippen molar-refractivity contribution in [1.82, 2.24) is 5.43 Å². The molecule has 0 aliphatic carbocycles. The van der Waals surface area contributed by atoms with Crippen LogP contribution < -0.4 is 10.2 Å². The first-order valence-electron chi connectivity index (χ1n) is 9.87. The topological polar surface area (TPSA) is 93.8 Å². The molecular formula is C25H19N3O4. The molecule has 0 spiro atoms. The van der Waals surface area contributed by atoms with Crippen molar-refractivity contribution in [3.05, 3.63) is 118 Å². The highest BCUT2D eigenvalue weighted by molar-refractivity contribution is 6.07. The third-order valence-electron chi connectivity index (χ3n) is 4.82. The van der Waals surface area contributed by atoms with E-state index in [0.717, 1.165) is 21.9 Å². The largest absolute Gasteiger partial charge is 0.489 e. The fourth-order valence-electron chi connectivity index (χ4n) is 3.21. The molecule has 0 aromatic heterocycles. The number of hydrazone groups is 1. The quantitative estimate of drug-likeness (QED) is 0.253. The minimum absolute atomic E-state index is 0.0394. The van der Waals surface area contributed by atoms with Crippen LogP contribution in [0.25, 0.3) is 10.8 Å². The molecule has 1 amide bonds. The fraction of sp³-hybridized carbons (Fsp3) is 0.0400. The Balaban J connectivity index is 1.38. The number of carbonyl (C=O) groups is 1. The first-order chi connectivity index (χ1) is 15.6. The minimum atomic E-state index is -0.438. The van der Waals surface area contributed by atoms with Crippen molar-refractivity contribution < 1.29 is 14.5 Å². The van der Waals surface area contributed by atoms with Crippen molar-refractivity contribution in [3.8, 4) is 5.75 Å². The fourth-order valence-corrected chi connectivity index (χ4v) is 3.21. The van der Waals surface area contributed by atoms with E-state index in [4.69, 9.17) is 4.74 Å². The minimum Gasteiger partial charge on any atom is -0.489 e. The lowest BCUT2D eigenvalue weighted by atomic mass is 10.0. The van der Waals surface area contributed by atoms with Gasteiger partial charge in [0.15, 0.2) is 0 Å². The molecule has 0 atom stereocenters. The van der Waals surface area contributed by atoms with E-state index in [-0.39, 0.29) is 18.2 Å². The number of ether oxygens (including phenoxy) is 1. The second kappa shape index (κ2) is 9.53. The second-order valence-corrected chi connectivity index (χ2v) is 7.01. The smallest absolute Gasteiger partial charge is 0.271 e. The van der Waals surface area contributed by atoms with Crippen LogP contribution >= 0.6 is 0 Å². The molecule has 1 N–H and O–H groups in total. The lowest BCUT2D eigenvalue weighted by molar-refractivity contribution is -0.384. The summed E-state index contributed by atoms with van der Waals surface area (Å²) in [5.74, 6) is 0.330. The van der Waals surface area contributed by atoms with Crippen LogP contribution in [0.2, 0.25) is 0 Å². The Hall–Kier alpha value is -4.52. The molecule has 4 rings (SSSR count). The molecule has 7 heteroatoms. The van der Waals surface area contributed by atoms with E-state index >= 15 is 0 Å². The Morgan fingerprint density at radius 1 is 0.969 bits per heavy atom. The van der Waals surface area contributed by atoms with E-state index in [1.165, 1.54) is 12.1 Å². The zero-order valence-electron chi connectivity index (χ0n) is 17.0. The van der Waals surface area contributed by atoms with Gasteiger partial charge in [-0.25, -0.2) is 5.43 Å². The van der Waals surface area contributed by atoms with Crippen LogP contribution in [0.4, 0.5) is 5.69 Å². The summed E-state index contributed by atoms with van der Waals surface area (Å²) in [6.07, 6.45) is 1.54. The first kappa shape index (κ1) is 20.7. The molecular weight excluding hydrogens is 406 g/mol. The van der Waals surface area contributed by atoms with Crippen LogP contribution in [0.3, 0.4) is 0 Å². The number of carbonyl (C=O) groups excluding carboxylic acids is 1. The zero-order chi connectivity index (χ0) is 22.3. The number of benzene rings is 4. The highest BCUT2D eigenvalue weighted by Crippen LogP contribution is 2.19. The molecule has 4 aromatic rings. The summed E-state index contributed by atoms with van der Waals surface area (Å²) >= 11 is 0. The molecule has 4 aromatic carbocycles. The molecule has 0 saturated heterocycles. The summed E-state index contributed by atoms with van der Waals surface area (Å²) in [6, 6.07) is 26.7. The number of non-ortho nitro benzene ring substituents is 1. The molecule has 0 aliphatic rings. The third kappa shape index (κ3) is 4.96. The molecule has 0 aliphatic heterocycles. The second-order valence-electron chi connectivity index (χ2n) is 7.01. The number of hydrogen-bond acceptors (Lipinski definition) is 5. The molecule has 7 nitrogen and oxygen atoms in total. The van der Waals surface area contributed by atoms with Gasteiger partial charge in [0.2, 0.25) is 0 Å². The van der Waals surface area contributed by atoms with Gasteiger partial charge >= 0.3 is 0 Å². The molecule has 0 fully saturated rings. The van der Waals surface area contributed by atoms with Crippen molar-refractivity contribution in [3.63, 3.8) is 0 Å². The number of nitrogens with zero attached hydrogens (tertiary/aromatic N) is 2. The van der Waals surface area contributed by atoms with Crippen LogP contribution in [0, 0.1) is 10.1 Å². The molecule has 0 bridgehead atoms. The predicted molar refractivity (Wildman–Crippen MR) is 123 cm³/mol. The van der Waals surface area contributed by atoms with E-state index in [1.54, 1.807) is 36.5 Å². The zero-order valence-corrected chi connectivity index (χ0v) is 17.0.